The van der Waals surface area contributed by atoms with Crippen molar-refractivity contribution in [3.8, 4) is 0 Å². The summed E-state index contributed by atoms with van der Waals surface area (Å²) in [4.78, 5) is 0. The van der Waals surface area contributed by atoms with Gasteiger partial charge in [0.1, 0.15) is 0 Å². The van der Waals surface area contributed by atoms with E-state index in [1.807, 2.05) is 20.8 Å². The molecule has 2 N–H and O–H groups in total. The lowest BCUT2D eigenvalue weighted by Crippen LogP contribution is -2.38. The number of ether oxygens (including phenoxy) is 1. The summed E-state index contributed by atoms with van der Waals surface area (Å²) in [6, 6.07) is 0. The van der Waals surface area contributed by atoms with Crippen molar-refractivity contribution in [2.24, 2.45) is 0 Å². The van der Waals surface area contributed by atoms with Crippen molar-refractivity contribution in [1.29, 1.82) is 0 Å². The zero-order valence-corrected chi connectivity index (χ0v) is 8.81. The molecule has 1 unspecified atom stereocenters. The third kappa shape index (κ3) is 8.26. The molecule has 68 valence electrons. The summed E-state index contributed by atoms with van der Waals surface area (Å²) in [5.41, 5.74) is -0.307. The molecule has 3 nitrogen and oxygen atoms in total. The number of halogens is 1. The van der Waals surface area contributed by atoms with Crippen LogP contribution in [-0.2, 0) is 4.74 Å². The molecule has 0 fully saturated rings. The first-order valence-electron chi connectivity index (χ1n) is 3.61. The Hall–Kier alpha value is 0.360. The number of aliphatic hydroxyl groups is 1. The first kappa shape index (κ1) is 11.4. The smallest absolute Gasteiger partial charge is 0.214 e. The van der Waals surface area contributed by atoms with Gasteiger partial charge in [0.25, 0.3) is 0 Å². The predicted octanol–water partition coefficient (Wildman–Crippen LogP) is 1.06. The minimum atomic E-state index is -0.868. The fourth-order valence-electron chi connectivity index (χ4n) is 0.555. The molecule has 0 aromatic heterocycles. The van der Waals surface area contributed by atoms with E-state index in [0.29, 0.717) is 6.54 Å². The number of hydrogen-bond donors (Lipinski definition) is 2. The molecule has 0 saturated heterocycles. The van der Waals surface area contributed by atoms with E-state index < -0.39 is 6.41 Å². The van der Waals surface area contributed by atoms with Crippen LogP contribution in [0.25, 0.3) is 0 Å². The number of hydrogen-bond acceptors (Lipinski definition) is 3. The predicted molar refractivity (Wildman–Crippen MR) is 48.6 cm³/mol. The van der Waals surface area contributed by atoms with Crippen LogP contribution >= 0.6 is 15.9 Å². The van der Waals surface area contributed by atoms with E-state index in [1.54, 1.807) is 0 Å². The van der Waals surface area contributed by atoms with Crippen molar-refractivity contribution in [3.05, 3.63) is 0 Å². The molecule has 0 saturated carbocycles. The van der Waals surface area contributed by atoms with Gasteiger partial charge in [0.2, 0.25) is 6.41 Å². The summed E-state index contributed by atoms with van der Waals surface area (Å²) < 4.78 is 5.16. The Labute approximate surface area is 76.3 Å². The molecule has 0 bridgehead atoms. The quantitative estimate of drug-likeness (QED) is 0.556. The summed E-state index contributed by atoms with van der Waals surface area (Å²) in [5, 5.41) is 12.7. The summed E-state index contributed by atoms with van der Waals surface area (Å²) in [7, 11) is 0. The molecule has 0 rings (SSSR count). The fraction of sp³-hybridized carbons (Fsp3) is 1.00. The van der Waals surface area contributed by atoms with E-state index in [2.05, 4.69) is 21.2 Å². The van der Waals surface area contributed by atoms with Crippen molar-refractivity contribution >= 4 is 15.9 Å². The van der Waals surface area contributed by atoms with Crippen LogP contribution in [-0.4, -0.2) is 29.0 Å². The molecular formula is C7H16BrNO2. The van der Waals surface area contributed by atoms with Gasteiger partial charge < -0.3 is 9.84 Å². The van der Waals surface area contributed by atoms with Gasteiger partial charge in [0.15, 0.2) is 0 Å². The van der Waals surface area contributed by atoms with Crippen LogP contribution in [0.2, 0.25) is 0 Å². The minimum absolute atomic E-state index is 0.307. The molecule has 0 radical (unpaired) electrons. The Balaban J connectivity index is 3.44. The average molecular weight is 226 g/mol. The van der Waals surface area contributed by atoms with Gasteiger partial charge in [0.05, 0.1) is 5.60 Å². The third-order valence-electron chi connectivity index (χ3n) is 0.879. The van der Waals surface area contributed by atoms with Crippen LogP contribution in [0.15, 0.2) is 0 Å². The highest BCUT2D eigenvalue weighted by Gasteiger charge is 2.15. The second-order valence-corrected chi connectivity index (χ2v) is 4.02. The third-order valence-corrected chi connectivity index (χ3v) is 1.28. The maximum absolute atomic E-state index is 9.16. The lowest BCUT2D eigenvalue weighted by atomic mass is 10.2. The highest BCUT2D eigenvalue weighted by molar-refractivity contribution is 9.09. The van der Waals surface area contributed by atoms with E-state index in [-0.39, 0.29) is 5.60 Å². The Morgan fingerprint density at radius 3 is 2.45 bits per heavy atom. The summed E-state index contributed by atoms with van der Waals surface area (Å²) in [6.45, 7) is 6.38. The topological polar surface area (TPSA) is 41.5 Å². The second kappa shape index (κ2) is 5.09. The molecule has 0 spiro atoms. The van der Waals surface area contributed by atoms with Gasteiger partial charge in [0, 0.05) is 11.9 Å². The van der Waals surface area contributed by atoms with E-state index >= 15 is 0 Å². The van der Waals surface area contributed by atoms with Gasteiger partial charge in [-0.3, -0.25) is 5.32 Å². The van der Waals surface area contributed by atoms with Crippen LogP contribution in [0.1, 0.15) is 20.8 Å². The van der Waals surface area contributed by atoms with Gasteiger partial charge in [-0.25, -0.2) is 0 Å². The van der Waals surface area contributed by atoms with Crippen molar-refractivity contribution in [2.75, 3.05) is 11.9 Å². The van der Waals surface area contributed by atoms with Crippen LogP contribution in [0.5, 0.6) is 0 Å². The minimum Gasteiger partial charge on any atom is -0.356 e. The highest BCUT2D eigenvalue weighted by atomic mass is 79.9. The molecule has 0 amide bonds. The van der Waals surface area contributed by atoms with E-state index in [1.165, 1.54) is 0 Å². The van der Waals surface area contributed by atoms with Gasteiger partial charge in [-0.2, -0.15) is 0 Å². The standard InChI is InChI=1S/C7H16BrNO2/c1-7(2,3)11-6(10)9-5-4-8/h6,9-10H,4-5H2,1-3H3. The first-order valence-corrected chi connectivity index (χ1v) is 4.73. The number of rotatable bonds is 4. The number of alkyl halides is 1. The van der Waals surface area contributed by atoms with Crippen molar-refractivity contribution < 1.29 is 9.84 Å². The maximum Gasteiger partial charge on any atom is 0.214 e. The summed E-state index contributed by atoms with van der Waals surface area (Å²) in [6.07, 6.45) is -0.868. The highest BCUT2D eigenvalue weighted by Crippen LogP contribution is 2.07. The van der Waals surface area contributed by atoms with Gasteiger partial charge >= 0.3 is 0 Å². The zero-order valence-electron chi connectivity index (χ0n) is 7.22. The van der Waals surface area contributed by atoms with Crippen molar-refractivity contribution in [3.63, 3.8) is 0 Å². The van der Waals surface area contributed by atoms with Crippen molar-refractivity contribution in [2.45, 2.75) is 32.8 Å². The Kier molecular flexibility index (Phi) is 5.25. The normalized spacial score (nSPS) is 15.0. The van der Waals surface area contributed by atoms with Gasteiger partial charge in [-0.15, -0.1) is 0 Å². The molecule has 4 heteroatoms. The molecule has 0 aliphatic heterocycles. The molecule has 0 aliphatic rings. The largest absolute Gasteiger partial charge is 0.356 e. The van der Waals surface area contributed by atoms with Crippen LogP contribution in [0.4, 0.5) is 0 Å². The fourth-order valence-corrected chi connectivity index (χ4v) is 0.784. The number of nitrogens with one attached hydrogen (secondary N) is 1. The van der Waals surface area contributed by atoms with E-state index in [9.17, 15) is 0 Å². The van der Waals surface area contributed by atoms with Gasteiger partial charge in [-0.1, -0.05) is 15.9 Å². The Bertz CT molecular complexity index is 103. The van der Waals surface area contributed by atoms with Crippen LogP contribution in [0.3, 0.4) is 0 Å². The van der Waals surface area contributed by atoms with E-state index in [0.717, 1.165) is 5.33 Å². The molecule has 0 heterocycles. The van der Waals surface area contributed by atoms with E-state index in [4.69, 9.17) is 9.84 Å². The van der Waals surface area contributed by atoms with Crippen LogP contribution < -0.4 is 5.32 Å². The van der Waals surface area contributed by atoms with Gasteiger partial charge in [-0.05, 0) is 20.8 Å². The Morgan fingerprint density at radius 1 is 1.55 bits per heavy atom. The SMILES string of the molecule is CC(C)(C)OC(O)NCCBr. The summed E-state index contributed by atoms with van der Waals surface area (Å²) in [5.74, 6) is 0. The number of aliphatic hydroxyl groups excluding tert-OH is 1. The first-order chi connectivity index (χ1) is 4.95. The zero-order chi connectivity index (χ0) is 8.91. The van der Waals surface area contributed by atoms with Crippen molar-refractivity contribution in [1.82, 2.24) is 5.32 Å². The lowest BCUT2D eigenvalue weighted by molar-refractivity contribution is -0.180. The molecule has 1 atom stereocenters. The monoisotopic (exact) mass is 225 g/mol. The molecular weight excluding hydrogens is 210 g/mol. The molecule has 0 aromatic rings. The molecule has 0 aromatic carbocycles. The van der Waals surface area contributed by atoms with Crippen LogP contribution in [0, 0.1) is 0 Å². The average Bonchev–Trinajstić information content (AvgIpc) is 1.79. The lowest BCUT2D eigenvalue weighted by Gasteiger charge is -2.24. The summed E-state index contributed by atoms with van der Waals surface area (Å²) >= 11 is 3.23. The molecule has 0 aliphatic carbocycles. The maximum atomic E-state index is 9.16. The molecule has 11 heavy (non-hydrogen) atoms. The Morgan fingerprint density at radius 2 is 2.09 bits per heavy atom. The second-order valence-electron chi connectivity index (χ2n) is 3.23.